The van der Waals surface area contributed by atoms with Crippen molar-refractivity contribution in [2.75, 3.05) is 12.8 Å². The zero-order chi connectivity index (χ0) is 9.40. The Kier molecular flexibility index (Phi) is 5.61. The number of rotatable bonds is 1. The van der Waals surface area contributed by atoms with E-state index in [0.29, 0.717) is 0 Å². The average molecular weight is 165 g/mol. The lowest BCUT2D eigenvalue weighted by atomic mass is 10.3. The predicted octanol–water partition coefficient (Wildman–Crippen LogP) is 3.01. The van der Waals surface area contributed by atoms with E-state index in [1.807, 2.05) is 26.0 Å². The van der Waals surface area contributed by atoms with Gasteiger partial charge in [0.05, 0.1) is 5.69 Å². The van der Waals surface area contributed by atoms with Crippen LogP contribution in [0.15, 0.2) is 34.5 Å². The Labute approximate surface area is 73.3 Å². The van der Waals surface area contributed by atoms with Gasteiger partial charge in [-0.05, 0) is 24.3 Å². The molecule has 1 rings (SSSR count). The summed E-state index contributed by atoms with van der Waals surface area (Å²) in [5, 5.41) is 7.44. The number of nitrogens with two attached hydrogens (primary N) is 1. The van der Waals surface area contributed by atoms with E-state index in [1.165, 1.54) is 0 Å². The minimum absolute atomic E-state index is 0.745. The Morgan fingerprint density at radius 1 is 1.08 bits per heavy atom. The summed E-state index contributed by atoms with van der Waals surface area (Å²) in [5.41, 5.74) is 7.03. The lowest BCUT2D eigenvalue weighted by Gasteiger charge is -1.91. The van der Waals surface area contributed by atoms with Gasteiger partial charge in [0.1, 0.15) is 0 Å². The second kappa shape index (κ2) is 6.34. The fraction of sp³-hybridized carbons (Fsp3) is 0.333. The second-order valence-corrected chi connectivity index (χ2v) is 1.89. The maximum Gasteiger partial charge on any atom is 0.0853 e. The molecule has 0 bridgehead atoms. The Bertz CT molecular complexity index is 226. The number of azo groups is 1. The van der Waals surface area contributed by atoms with Gasteiger partial charge in [-0.1, -0.05) is 13.8 Å². The first-order chi connectivity index (χ1) is 5.83. The first-order valence-corrected chi connectivity index (χ1v) is 3.98. The van der Waals surface area contributed by atoms with E-state index in [9.17, 15) is 0 Å². The smallest absolute Gasteiger partial charge is 0.0853 e. The monoisotopic (exact) mass is 165 g/mol. The summed E-state index contributed by atoms with van der Waals surface area (Å²) in [6.45, 7) is 4.00. The molecule has 0 aliphatic rings. The van der Waals surface area contributed by atoms with Crippen molar-refractivity contribution in [1.29, 1.82) is 0 Å². The van der Waals surface area contributed by atoms with Crippen LogP contribution in [-0.2, 0) is 0 Å². The fourth-order valence-corrected chi connectivity index (χ4v) is 0.656. The molecule has 0 heterocycles. The standard InChI is InChI=1S/C7H9N3.C2H6/c1-9-10-7-4-2-6(8)3-5-7;1-2/h2-5H,8H2,1H3;1-2H3. The summed E-state index contributed by atoms with van der Waals surface area (Å²) in [5.74, 6) is 0. The summed E-state index contributed by atoms with van der Waals surface area (Å²) >= 11 is 0. The molecule has 66 valence electrons. The van der Waals surface area contributed by atoms with Crippen LogP contribution in [0.3, 0.4) is 0 Å². The van der Waals surface area contributed by atoms with Crippen LogP contribution in [-0.4, -0.2) is 7.05 Å². The molecule has 3 nitrogen and oxygen atoms in total. The van der Waals surface area contributed by atoms with E-state index in [0.717, 1.165) is 11.4 Å². The number of anilines is 1. The minimum atomic E-state index is 0.745. The largest absolute Gasteiger partial charge is 0.399 e. The molecular weight excluding hydrogens is 150 g/mol. The van der Waals surface area contributed by atoms with Gasteiger partial charge in [0.15, 0.2) is 0 Å². The van der Waals surface area contributed by atoms with Gasteiger partial charge in [-0.15, -0.1) is 0 Å². The van der Waals surface area contributed by atoms with Crippen molar-refractivity contribution in [2.45, 2.75) is 13.8 Å². The predicted molar refractivity (Wildman–Crippen MR) is 52.6 cm³/mol. The van der Waals surface area contributed by atoms with Crippen LogP contribution < -0.4 is 5.73 Å². The molecule has 1 aromatic rings. The molecule has 1 aromatic carbocycles. The van der Waals surface area contributed by atoms with Crippen LogP contribution in [0.1, 0.15) is 13.8 Å². The average Bonchev–Trinajstić information content (AvgIpc) is 2.13. The van der Waals surface area contributed by atoms with Crippen molar-refractivity contribution in [3.63, 3.8) is 0 Å². The van der Waals surface area contributed by atoms with E-state index in [-0.39, 0.29) is 0 Å². The molecule has 0 radical (unpaired) electrons. The molecule has 0 aromatic heterocycles. The van der Waals surface area contributed by atoms with Crippen LogP contribution >= 0.6 is 0 Å². The van der Waals surface area contributed by atoms with Crippen molar-refractivity contribution in [1.82, 2.24) is 0 Å². The Morgan fingerprint density at radius 2 is 1.58 bits per heavy atom. The van der Waals surface area contributed by atoms with E-state index in [1.54, 1.807) is 19.2 Å². The van der Waals surface area contributed by atoms with Gasteiger partial charge in [-0.3, -0.25) is 0 Å². The highest BCUT2D eigenvalue weighted by molar-refractivity contribution is 5.47. The molecule has 0 aliphatic heterocycles. The molecular formula is C9H15N3. The summed E-state index contributed by atoms with van der Waals surface area (Å²) in [4.78, 5) is 0. The third kappa shape index (κ3) is 3.71. The molecule has 3 heteroatoms. The highest BCUT2D eigenvalue weighted by Gasteiger charge is 1.85. The lowest BCUT2D eigenvalue weighted by molar-refractivity contribution is 1.17. The number of nitrogen functional groups attached to an aromatic ring is 1. The maximum atomic E-state index is 5.45. The van der Waals surface area contributed by atoms with E-state index >= 15 is 0 Å². The summed E-state index contributed by atoms with van der Waals surface area (Å²) in [6.07, 6.45) is 0. The van der Waals surface area contributed by atoms with E-state index in [4.69, 9.17) is 5.73 Å². The topological polar surface area (TPSA) is 50.7 Å². The van der Waals surface area contributed by atoms with Crippen molar-refractivity contribution in [3.8, 4) is 0 Å². The van der Waals surface area contributed by atoms with Crippen molar-refractivity contribution in [3.05, 3.63) is 24.3 Å². The lowest BCUT2D eigenvalue weighted by Crippen LogP contribution is -1.80. The fourth-order valence-electron chi connectivity index (χ4n) is 0.656. The van der Waals surface area contributed by atoms with Gasteiger partial charge in [0.2, 0.25) is 0 Å². The number of nitrogens with zero attached hydrogens (tertiary/aromatic N) is 2. The molecule has 0 aliphatic carbocycles. The highest BCUT2D eigenvalue weighted by Crippen LogP contribution is 2.13. The van der Waals surface area contributed by atoms with Crippen molar-refractivity contribution < 1.29 is 0 Å². The Balaban J connectivity index is 0.000000561. The first kappa shape index (κ1) is 10.6. The number of hydrogen-bond donors (Lipinski definition) is 1. The van der Waals surface area contributed by atoms with Crippen LogP contribution in [0.4, 0.5) is 11.4 Å². The van der Waals surface area contributed by atoms with E-state index < -0.39 is 0 Å². The third-order valence-corrected chi connectivity index (χ3v) is 1.11. The molecule has 0 atom stereocenters. The summed E-state index contributed by atoms with van der Waals surface area (Å²) in [6, 6.07) is 7.23. The number of hydrogen-bond acceptors (Lipinski definition) is 3. The molecule has 0 amide bonds. The zero-order valence-electron chi connectivity index (χ0n) is 7.78. The molecule has 0 fully saturated rings. The van der Waals surface area contributed by atoms with Gasteiger partial charge in [0, 0.05) is 12.7 Å². The molecule has 0 unspecified atom stereocenters. The molecule has 0 saturated carbocycles. The van der Waals surface area contributed by atoms with Crippen LogP contribution in [0.2, 0.25) is 0 Å². The molecule has 0 spiro atoms. The molecule has 0 saturated heterocycles. The van der Waals surface area contributed by atoms with Gasteiger partial charge < -0.3 is 5.73 Å². The van der Waals surface area contributed by atoms with Crippen LogP contribution in [0, 0.1) is 0 Å². The summed E-state index contributed by atoms with van der Waals surface area (Å²) in [7, 11) is 1.64. The van der Waals surface area contributed by atoms with Gasteiger partial charge in [0.25, 0.3) is 0 Å². The van der Waals surface area contributed by atoms with Gasteiger partial charge >= 0.3 is 0 Å². The Hall–Kier alpha value is -1.38. The molecule has 12 heavy (non-hydrogen) atoms. The minimum Gasteiger partial charge on any atom is -0.399 e. The second-order valence-electron chi connectivity index (χ2n) is 1.89. The molecule has 2 N–H and O–H groups in total. The van der Waals surface area contributed by atoms with Crippen molar-refractivity contribution in [2.24, 2.45) is 10.2 Å². The van der Waals surface area contributed by atoms with Gasteiger partial charge in [-0.2, -0.15) is 10.2 Å². The number of benzene rings is 1. The summed E-state index contributed by atoms with van der Waals surface area (Å²) < 4.78 is 0. The van der Waals surface area contributed by atoms with E-state index in [2.05, 4.69) is 10.2 Å². The zero-order valence-corrected chi connectivity index (χ0v) is 7.78. The van der Waals surface area contributed by atoms with Crippen LogP contribution in [0.25, 0.3) is 0 Å². The van der Waals surface area contributed by atoms with Crippen molar-refractivity contribution >= 4 is 11.4 Å². The normalized spacial score (nSPS) is 9.25. The van der Waals surface area contributed by atoms with Crippen LogP contribution in [0.5, 0.6) is 0 Å². The Morgan fingerprint density at radius 3 is 2.00 bits per heavy atom. The quantitative estimate of drug-likeness (QED) is 0.504. The highest BCUT2D eigenvalue weighted by atomic mass is 15.1. The first-order valence-electron chi connectivity index (χ1n) is 3.98. The SMILES string of the molecule is CC.CN=Nc1ccc(N)cc1. The maximum absolute atomic E-state index is 5.45. The van der Waals surface area contributed by atoms with Gasteiger partial charge in [-0.25, -0.2) is 0 Å². The third-order valence-electron chi connectivity index (χ3n) is 1.11.